The molecule has 2 fully saturated rings. The SMILES string of the molecule is O=C(c1ccc2c(c1)OCO2)N1CCC2(CC(Nc3ccncn3)C2)C1. The number of aromatic nitrogens is 2. The maximum Gasteiger partial charge on any atom is 0.254 e. The molecule has 5 rings (SSSR count). The average Bonchev–Trinajstić information content (AvgIpc) is 3.28. The van der Waals surface area contributed by atoms with E-state index < -0.39 is 0 Å². The van der Waals surface area contributed by atoms with Crippen LogP contribution in [0.4, 0.5) is 5.82 Å². The Kier molecular flexibility index (Phi) is 3.48. The van der Waals surface area contributed by atoms with Crippen LogP contribution in [0.15, 0.2) is 36.8 Å². The van der Waals surface area contributed by atoms with E-state index in [1.807, 2.05) is 23.1 Å². The minimum Gasteiger partial charge on any atom is -0.454 e. The van der Waals surface area contributed by atoms with E-state index >= 15 is 0 Å². The summed E-state index contributed by atoms with van der Waals surface area (Å²) in [5, 5.41) is 3.45. The van der Waals surface area contributed by atoms with Gasteiger partial charge < -0.3 is 19.7 Å². The Morgan fingerprint density at radius 1 is 1.23 bits per heavy atom. The number of rotatable bonds is 3. The van der Waals surface area contributed by atoms with Crippen LogP contribution in [0.5, 0.6) is 11.5 Å². The van der Waals surface area contributed by atoms with Gasteiger partial charge in [0, 0.05) is 30.9 Å². The third-order valence-electron chi connectivity index (χ3n) is 5.64. The Balaban J connectivity index is 1.21. The highest BCUT2D eigenvalue weighted by molar-refractivity contribution is 5.95. The molecule has 3 aliphatic rings. The van der Waals surface area contributed by atoms with Gasteiger partial charge in [-0.2, -0.15) is 0 Å². The summed E-state index contributed by atoms with van der Waals surface area (Å²) in [6.07, 6.45) is 6.50. The fourth-order valence-electron chi connectivity index (χ4n) is 4.33. The number of nitrogens with one attached hydrogen (secondary N) is 1. The van der Waals surface area contributed by atoms with Crippen molar-refractivity contribution in [2.75, 3.05) is 25.2 Å². The first-order valence-electron chi connectivity index (χ1n) is 8.92. The molecular weight excluding hydrogens is 332 g/mol. The zero-order valence-electron chi connectivity index (χ0n) is 14.4. The second-order valence-electron chi connectivity index (χ2n) is 7.39. The van der Waals surface area contributed by atoms with Gasteiger partial charge in [0.1, 0.15) is 12.1 Å². The Hall–Kier alpha value is -2.83. The van der Waals surface area contributed by atoms with Crippen molar-refractivity contribution in [2.45, 2.75) is 25.3 Å². The van der Waals surface area contributed by atoms with E-state index in [0.717, 1.165) is 38.2 Å². The fraction of sp³-hybridized carbons (Fsp3) is 0.421. The minimum absolute atomic E-state index is 0.0763. The number of benzene rings is 1. The second kappa shape index (κ2) is 5.86. The van der Waals surface area contributed by atoms with Crippen molar-refractivity contribution >= 4 is 11.7 Å². The molecule has 2 aromatic rings. The van der Waals surface area contributed by atoms with Gasteiger partial charge in [-0.1, -0.05) is 0 Å². The zero-order chi connectivity index (χ0) is 17.6. The van der Waals surface area contributed by atoms with Crippen molar-refractivity contribution in [1.82, 2.24) is 14.9 Å². The molecular formula is C19H20N4O3. The Morgan fingerprint density at radius 3 is 2.96 bits per heavy atom. The van der Waals surface area contributed by atoms with E-state index in [9.17, 15) is 4.79 Å². The number of fused-ring (bicyclic) bond motifs is 1. The van der Waals surface area contributed by atoms with E-state index in [4.69, 9.17) is 9.47 Å². The normalized spacial score (nSPS) is 26.0. The smallest absolute Gasteiger partial charge is 0.254 e. The van der Waals surface area contributed by atoms with Crippen LogP contribution in [-0.2, 0) is 0 Å². The van der Waals surface area contributed by atoms with E-state index in [2.05, 4.69) is 15.3 Å². The lowest BCUT2D eigenvalue weighted by Crippen LogP contribution is -2.47. The number of anilines is 1. The van der Waals surface area contributed by atoms with Crippen molar-refractivity contribution in [3.8, 4) is 11.5 Å². The molecule has 0 atom stereocenters. The minimum atomic E-state index is 0.0763. The number of hydrogen-bond donors (Lipinski definition) is 1. The van der Waals surface area contributed by atoms with Gasteiger partial charge >= 0.3 is 0 Å². The van der Waals surface area contributed by atoms with Crippen molar-refractivity contribution < 1.29 is 14.3 Å². The number of carbonyl (C=O) groups is 1. The van der Waals surface area contributed by atoms with Crippen LogP contribution in [0.3, 0.4) is 0 Å². The molecule has 3 heterocycles. The van der Waals surface area contributed by atoms with E-state index in [0.29, 0.717) is 23.1 Å². The molecule has 134 valence electrons. The molecule has 7 heteroatoms. The first kappa shape index (κ1) is 15.4. The summed E-state index contributed by atoms with van der Waals surface area (Å²) in [4.78, 5) is 23.0. The molecule has 1 aromatic heterocycles. The number of hydrogen-bond acceptors (Lipinski definition) is 6. The first-order valence-corrected chi connectivity index (χ1v) is 8.92. The van der Waals surface area contributed by atoms with Crippen LogP contribution >= 0.6 is 0 Å². The number of amides is 1. The molecule has 1 aliphatic carbocycles. The number of nitrogens with zero attached hydrogens (tertiary/aromatic N) is 3. The molecule has 1 aromatic carbocycles. The van der Waals surface area contributed by atoms with Gasteiger partial charge in [-0.15, -0.1) is 0 Å². The average molecular weight is 352 g/mol. The standard InChI is InChI=1S/C19H20N4O3/c24-18(13-1-2-15-16(7-13)26-12-25-15)23-6-4-19(10-23)8-14(9-19)22-17-3-5-20-11-21-17/h1-3,5,7,11,14H,4,6,8-10,12H2,(H,20,21,22). The molecule has 1 amide bonds. The number of ether oxygens (including phenoxy) is 2. The molecule has 0 radical (unpaired) electrons. The van der Waals surface area contributed by atoms with E-state index in [1.54, 1.807) is 18.6 Å². The van der Waals surface area contributed by atoms with Gasteiger partial charge in [0.25, 0.3) is 5.91 Å². The Bertz CT molecular complexity index is 836. The molecule has 26 heavy (non-hydrogen) atoms. The molecule has 2 aliphatic heterocycles. The van der Waals surface area contributed by atoms with Crippen molar-refractivity contribution in [2.24, 2.45) is 5.41 Å². The number of carbonyl (C=O) groups excluding carboxylic acids is 1. The van der Waals surface area contributed by atoms with Crippen LogP contribution in [0.2, 0.25) is 0 Å². The van der Waals surface area contributed by atoms with E-state index in [1.165, 1.54) is 0 Å². The second-order valence-corrected chi connectivity index (χ2v) is 7.39. The van der Waals surface area contributed by atoms with Gasteiger partial charge in [-0.3, -0.25) is 4.79 Å². The Morgan fingerprint density at radius 2 is 2.12 bits per heavy atom. The van der Waals surface area contributed by atoms with Crippen LogP contribution < -0.4 is 14.8 Å². The predicted octanol–water partition coefficient (Wildman–Crippen LogP) is 2.31. The maximum absolute atomic E-state index is 12.8. The lowest BCUT2D eigenvalue weighted by atomic mass is 9.65. The summed E-state index contributed by atoms with van der Waals surface area (Å²) >= 11 is 0. The molecule has 1 spiro atoms. The fourth-order valence-corrected chi connectivity index (χ4v) is 4.33. The molecule has 0 bridgehead atoms. The van der Waals surface area contributed by atoms with Gasteiger partial charge in [0.15, 0.2) is 11.5 Å². The largest absolute Gasteiger partial charge is 0.454 e. The van der Waals surface area contributed by atoms with Crippen LogP contribution in [0, 0.1) is 5.41 Å². The summed E-state index contributed by atoms with van der Waals surface area (Å²) < 4.78 is 10.7. The van der Waals surface area contributed by atoms with Gasteiger partial charge in [-0.25, -0.2) is 9.97 Å². The third kappa shape index (κ3) is 2.64. The highest BCUT2D eigenvalue weighted by Gasteiger charge is 2.49. The monoisotopic (exact) mass is 352 g/mol. The molecule has 7 nitrogen and oxygen atoms in total. The molecule has 1 saturated heterocycles. The van der Waals surface area contributed by atoms with Crippen LogP contribution in [0.25, 0.3) is 0 Å². The lowest BCUT2D eigenvalue weighted by molar-refractivity contribution is 0.0715. The summed E-state index contributed by atoms with van der Waals surface area (Å²) in [5.41, 5.74) is 0.915. The quantitative estimate of drug-likeness (QED) is 0.913. The Labute approximate surface area is 151 Å². The van der Waals surface area contributed by atoms with Crippen molar-refractivity contribution in [3.05, 3.63) is 42.4 Å². The number of likely N-dealkylation sites (tertiary alicyclic amines) is 1. The molecule has 1 N–H and O–H groups in total. The first-order chi connectivity index (χ1) is 12.7. The van der Waals surface area contributed by atoms with Gasteiger partial charge in [0.05, 0.1) is 0 Å². The van der Waals surface area contributed by atoms with E-state index in [-0.39, 0.29) is 18.1 Å². The summed E-state index contributed by atoms with van der Waals surface area (Å²) in [7, 11) is 0. The highest BCUT2D eigenvalue weighted by atomic mass is 16.7. The van der Waals surface area contributed by atoms with Gasteiger partial charge in [-0.05, 0) is 48.9 Å². The van der Waals surface area contributed by atoms with Crippen LogP contribution in [-0.4, -0.2) is 46.7 Å². The summed E-state index contributed by atoms with van der Waals surface area (Å²) in [6.45, 7) is 1.86. The maximum atomic E-state index is 12.8. The molecule has 1 saturated carbocycles. The topological polar surface area (TPSA) is 76.6 Å². The predicted molar refractivity (Wildman–Crippen MR) is 94.2 cm³/mol. The van der Waals surface area contributed by atoms with Crippen molar-refractivity contribution in [3.63, 3.8) is 0 Å². The van der Waals surface area contributed by atoms with Gasteiger partial charge in [0.2, 0.25) is 6.79 Å². The summed E-state index contributed by atoms with van der Waals surface area (Å²) in [6, 6.07) is 7.73. The molecule has 0 unspecified atom stereocenters. The van der Waals surface area contributed by atoms with Crippen LogP contribution in [0.1, 0.15) is 29.6 Å². The highest BCUT2D eigenvalue weighted by Crippen LogP contribution is 2.49. The summed E-state index contributed by atoms with van der Waals surface area (Å²) in [5.74, 6) is 2.30. The lowest BCUT2D eigenvalue weighted by Gasteiger charge is -2.45. The zero-order valence-corrected chi connectivity index (χ0v) is 14.4. The van der Waals surface area contributed by atoms with Crippen molar-refractivity contribution in [1.29, 1.82) is 0 Å². The third-order valence-corrected chi connectivity index (χ3v) is 5.64.